The molecule has 0 unspecified atom stereocenters. The molecule has 12 heteroatoms. The largest absolute Gasteiger partial charge is 3.00 e. The second-order valence-electron chi connectivity index (χ2n) is 10.8. The van der Waals surface area contributed by atoms with Crippen LogP contribution in [0.25, 0.3) is 43.6 Å². The summed E-state index contributed by atoms with van der Waals surface area (Å²) in [4.78, 5) is 15.9. The third kappa shape index (κ3) is 11.8. The Balaban J connectivity index is 0.000000181. The summed E-state index contributed by atoms with van der Waals surface area (Å²) in [7, 11) is 0. The molecule has 4 aromatic heterocycles. The first-order valence-corrected chi connectivity index (χ1v) is 15.8. The summed E-state index contributed by atoms with van der Waals surface area (Å²) in [6.45, 7) is 0. The third-order valence-electron chi connectivity index (χ3n) is 7.21. The van der Waals surface area contributed by atoms with E-state index in [1.807, 2.05) is 72.8 Å². The molecule has 0 saturated carbocycles. The molecule has 10 nitrogen and oxygen atoms in total. The SMILES string of the molecule is [Al+3].[Al+3].[O-]c1ccc([O-])cc1.[O-]c1cccc2cccnc12.[O-]c1cccc2cccnc12.[O-]c1cccc2cccnc12.[O-]c1cccc2cccnc12. The van der Waals surface area contributed by atoms with Crippen molar-refractivity contribution in [3.05, 3.63) is 170 Å². The zero-order valence-corrected chi connectivity index (χ0v) is 30.9. The molecule has 9 aromatic rings. The predicted octanol–water partition coefficient (Wildman–Crippen LogP) is 4.31. The molecule has 0 bridgehead atoms. The molecule has 0 aliphatic heterocycles. The molecule has 0 N–H and O–H groups in total. The minimum Gasteiger partial charge on any atom is -0.872 e. The summed E-state index contributed by atoms with van der Waals surface area (Å²) in [6.07, 6.45) is 6.51. The van der Waals surface area contributed by atoms with Gasteiger partial charge in [-0.15, -0.1) is 11.5 Å². The van der Waals surface area contributed by atoms with Crippen LogP contribution >= 0.6 is 0 Å². The van der Waals surface area contributed by atoms with Gasteiger partial charge in [0.25, 0.3) is 0 Å². The van der Waals surface area contributed by atoms with Gasteiger partial charge >= 0.3 is 34.7 Å². The monoisotopic (exact) mass is 738 g/mol. The van der Waals surface area contributed by atoms with Crippen molar-refractivity contribution >= 4 is 78.3 Å². The quantitative estimate of drug-likeness (QED) is 0.203. The second-order valence-corrected chi connectivity index (χ2v) is 10.8. The van der Waals surface area contributed by atoms with Gasteiger partial charge in [-0.05, 0) is 45.8 Å². The van der Waals surface area contributed by atoms with Crippen molar-refractivity contribution in [3.8, 4) is 34.5 Å². The van der Waals surface area contributed by atoms with Gasteiger partial charge in [0, 0.05) is 24.8 Å². The first-order valence-electron chi connectivity index (χ1n) is 15.8. The Hall–Kier alpha value is -6.40. The van der Waals surface area contributed by atoms with Gasteiger partial charge in [0.1, 0.15) is 0 Å². The zero-order valence-electron chi connectivity index (χ0n) is 28.6. The summed E-state index contributed by atoms with van der Waals surface area (Å²) in [6, 6.07) is 40.4. The minimum atomic E-state index is -0.121. The molecule has 9 rings (SSSR count). The van der Waals surface area contributed by atoms with Gasteiger partial charge in [-0.2, -0.15) is 0 Å². The maximum atomic E-state index is 11.1. The van der Waals surface area contributed by atoms with Crippen LogP contribution in [0.3, 0.4) is 0 Å². The molecular formula is C42H28Al2N4O6. The van der Waals surface area contributed by atoms with Crippen LogP contribution in [0.4, 0.5) is 0 Å². The van der Waals surface area contributed by atoms with Crippen molar-refractivity contribution in [2.75, 3.05) is 0 Å². The molecule has 5 aromatic carbocycles. The second kappa shape index (κ2) is 21.2. The van der Waals surface area contributed by atoms with Crippen molar-refractivity contribution in [2.24, 2.45) is 0 Å². The number of fused-ring (bicyclic) bond motifs is 4. The number of rotatable bonds is 0. The van der Waals surface area contributed by atoms with E-state index in [9.17, 15) is 30.6 Å². The summed E-state index contributed by atoms with van der Waals surface area (Å²) < 4.78 is 0. The van der Waals surface area contributed by atoms with Crippen LogP contribution in [0, 0.1) is 0 Å². The van der Waals surface area contributed by atoms with E-state index in [-0.39, 0.29) is 69.2 Å². The van der Waals surface area contributed by atoms with E-state index >= 15 is 0 Å². The third-order valence-corrected chi connectivity index (χ3v) is 7.21. The number of nitrogens with zero attached hydrogens (tertiary/aromatic N) is 4. The number of benzene rings is 5. The van der Waals surface area contributed by atoms with E-state index < -0.39 is 0 Å². The van der Waals surface area contributed by atoms with E-state index in [0.717, 1.165) is 21.5 Å². The number of pyridine rings is 4. The molecule has 0 fully saturated rings. The van der Waals surface area contributed by atoms with Crippen LogP contribution in [0.5, 0.6) is 34.5 Å². The smallest absolute Gasteiger partial charge is 0.872 e. The fourth-order valence-electron chi connectivity index (χ4n) is 4.74. The van der Waals surface area contributed by atoms with Crippen LogP contribution in [0.1, 0.15) is 0 Å². The van der Waals surface area contributed by atoms with Gasteiger partial charge in [0.05, 0.1) is 22.1 Å². The van der Waals surface area contributed by atoms with E-state index in [2.05, 4.69) is 19.9 Å². The van der Waals surface area contributed by atoms with E-state index in [1.54, 1.807) is 49.1 Å². The zero-order chi connectivity index (χ0) is 36.7. The molecule has 0 aliphatic carbocycles. The van der Waals surface area contributed by atoms with Gasteiger partial charge < -0.3 is 30.6 Å². The van der Waals surface area contributed by atoms with Gasteiger partial charge in [-0.3, -0.25) is 19.9 Å². The molecule has 0 spiro atoms. The minimum absolute atomic E-state index is 0. The molecular weight excluding hydrogens is 710 g/mol. The summed E-state index contributed by atoms with van der Waals surface area (Å²) in [5, 5.41) is 68.6. The maximum Gasteiger partial charge on any atom is 3.00 e. The Morgan fingerprint density at radius 2 is 0.463 bits per heavy atom. The van der Waals surface area contributed by atoms with E-state index in [1.165, 1.54) is 48.5 Å². The van der Waals surface area contributed by atoms with Crippen LogP contribution in [0.15, 0.2) is 170 Å². The van der Waals surface area contributed by atoms with Gasteiger partial charge in [0.15, 0.2) is 0 Å². The molecule has 0 atom stereocenters. The van der Waals surface area contributed by atoms with Crippen molar-refractivity contribution < 1.29 is 30.6 Å². The Kier molecular flexibility index (Phi) is 16.5. The molecule has 0 aliphatic rings. The summed E-state index contributed by atoms with van der Waals surface area (Å²) in [5.41, 5.74) is 2.20. The van der Waals surface area contributed by atoms with Crippen LogP contribution in [-0.2, 0) is 0 Å². The first kappa shape index (κ1) is 42.0. The number of para-hydroxylation sites is 4. The number of hydrogen-bond donors (Lipinski definition) is 0. The normalized spacial score (nSPS) is 9.63. The topological polar surface area (TPSA) is 190 Å². The number of aromatic nitrogens is 4. The fraction of sp³-hybridized carbons (Fsp3) is 0. The molecule has 0 amide bonds. The van der Waals surface area contributed by atoms with Crippen LogP contribution in [-0.4, -0.2) is 54.7 Å². The van der Waals surface area contributed by atoms with E-state index in [4.69, 9.17) is 0 Å². The molecule has 258 valence electrons. The Bertz CT molecular complexity index is 2170. The standard InChI is InChI=1S/4C9H7NO.C6H6O2.2Al/c4*11-8-5-1-3-7-4-2-6-10-9(7)8;7-5-1-2-6(8)4-3-5;;/h4*1-6,11H;1-4,7-8H;;/q;;;;;2*+3/p-6. The van der Waals surface area contributed by atoms with E-state index in [0.29, 0.717) is 22.1 Å². The molecule has 0 radical (unpaired) electrons. The molecule has 4 heterocycles. The van der Waals surface area contributed by atoms with Gasteiger partial charge in [-0.1, -0.05) is 144 Å². The summed E-state index contributed by atoms with van der Waals surface area (Å²) in [5.74, 6) is -0.286. The van der Waals surface area contributed by atoms with Crippen molar-refractivity contribution in [1.29, 1.82) is 0 Å². The van der Waals surface area contributed by atoms with Crippen molar-refractivity contribution in [3.63, 3.8) is 0 Å². The average molecular weight is 739 g/mol. The number of hydrogen-bond acceptors (Lipinski definition) is 10. The maximum absolute atomic E-state index is 11.1. The Labute approximate surface area is 332 Å². The van der Waals surface area contributed by atoms with Crippen LogP contribution < -0.4 is 30.6 Å². The van der Waals surface area contributed by atoms with Crippen molar-refractivity contribution in [1.82, 2.24) is 19.9 Å². The first-order chi connectivity index (χ1) is 25.3. The predicted molar refractivity (Wildman–Crippen MR) is 202 cm³/mol. The van der Waals surface area contributed by atoms with Gasteiger partial charge in [0.2, 0.25) is 0 Å². The van der Waals surface area contributed by atoms with Gasteiger partial charge in [-0.25, -0.2) is 0 Å². The summed E-state index contributed by atoms with van der Waals surface area (Å²) >= 11 is 0. The fourth-order valence-corrected chi connectivity index (χ4v) is 4.74. The molecule has 54 heavy (non-hydrogen) atoms. The Morgan fingerprint density at radius 3 is 0.667 bits per heavy atom. The Morgan fingerprint density at radius 1 is 0.259 bits per heavy atom. The van der Waals surface area contributed by atoms with Crippen LogP contribution in [0.2, 0.25) is 0 Å². The molecule has 0 saturated heterocycles. The average Bonchev–Trinajstić information content (AvgIpc) is 3.18. The van der Waals surface area contributed by atoms with Crippen molar-refractivity contribution in [2.45, 2.75) is 0 Å².